The van der Waals surface area contributed by atoms with Gasteiger partial charge in [-0.05, 0) is 55.0 Å². The zero-order valence-corrected chi connectivity index (χ0v) is 17.5. The molecule has 0 aliphatic rings. The molecule has 0 spiro atoms. The van der Waals surface area contributed by atoms with E-state index in [1.54, 1.807) is 24.3 Å². The van der Waals surface area contributed by atoms with Gasteiger partial charge in [-0.1, -0.05) is 6.92 Å². The predicted molar refractivity (Wildman–Crippen MR) is 113 cm³/mol. The Balaban J connectivity index is 1.98. The van der Waals surface area contributed by atoms with Gasteiger partial charge < -0.3 is 14.7 Å². The van der Waals surface area contributed by atoms with Crippen LogP contribution in [0.2, 0.25) is 0 Å². The van der Waals surface area contributed by atoms with Gasteiger partial charge in [-0.2, -0.15) is 23.4 Å². The average Bonchev–Trinajstić information content (AvgIpc) is 2.77. The fraction of sp³-hybridized carbons (Fsp3) is 0.364. The van der Waals surface area contributed by atoms with Gasteiger partial charge in [-0.25, -0.2) is 0 Å². The van der Waals surface area contributed by atoms with E-state index >= 15 is 0 Å². The van der Waals surface area contributed by atoms with Gasteiger partial charge in [0.2, 0.25) is 0 Å². The Morgan fingerprint density at radius 2 is 1.53 bits per heavy atom. The van der Waals surface area contributed by atoms with Crippen molar-refractivity contribution in [1.82, 2.24) is 0 Å². The van der Waals surface area contributed by atoms with Gasteiger partial charge in [0.15, 0.2) is 0 Å². The summed E-state index contributed by atoms with van der Waals surface area (Å²) in [6.07, 6.45) is -3.85. The summed E-state index contributed by atoms with van der Waals surface area (Å²) in [6.45, 7) is 2.79. The fourth-order valence-corrected chi connectivity index (χ4v) is 2.73. The molecule has 0 radical (unpaired) electrons. The number of ketones is 1. The van der Waals surface area contributed by atoms with Crippen molar-refractivity contribution in [1.29, 1.82) is 0 Å². The normalized spacial score (nSPS) is 11.5. The third-order valence-electron chi connectivity index (χ3n) is 4.33. The molecule has 0 atom stereocenters. The van der Waals surface area contributed by atoms with Gasteiger partial charge in [0.25, 0.3) is 5.78 Å². The van der Waals surface area contributed by atoms with E-state index in [0.717, 1.165) is 17.8 Å². The number of carbonyl (C=O) groups is 2. The molecule has 0 bridgehead atoms. The Hall–Kier alpha value is -3.27. The van der Waals surface area contributed by atoms with E-state index in [2.05, 4.69) is 10.2 Å². The number of rotatable bonds is 11. The molecule has 0 amide bonds. The lowest BCUT2D eigenvalue weighted by Crippen LogP contribution is -2.30. The highest BCUT2D eigenvalue weighted by atomic mass is 19.4. The van der Waals surface area contributed by atoms with Crippen LogP contribution in [0.25, 0.3) is 0 Å². The summed E-state index contributed by atoms with van der Waals surface area (Å²) in [5.74, 6) is -2.17. The van der Waals surface area contributed by atoms with Gasteiger partial charge in [-0.3, -0.25) is 9.59 Å². The molecular weight excluding hydrogens is 427 g/mol. The smallest absolute Gasteiger partial charge is 0.454 e. The summed E-state index contributed by atoms with van der Waals surface area (Å²) in [4.78, 5) is 24.5. The molecule has 0 unspecified atom stereocenters. The van der Waals surface area contributed by atoms with Crippen molar-refractivity contribution in [2.75, 3.05) is 31.2 Å². The van der Waals surface area contributed by atoms with Crippen LogP contribution >= 0.6 is 0 Å². The van der Waals surface area contributed by atoms with Gasteiger partial charge in [0.1, 0.15) is 6.61 Å². The third kappa shape index (κ3) is 7.77. The fourth-order valence-electron chi connectivity index (χ4n) is 2.73. The summed E-state index contributed by atoms with van der Waals surface area (Å²) in [7, 11) is 0. The predicted octanol–water partition coefficient (Wildman–Crippen LogP) is 4.99. The standard InChI is InChI=1S/C22H24F3N3O4/c1-2-3-20(30)32-15-13-28(12-14-29)19-10-8-18(9-11-19)27-26-17-6-4-16(5-7-17)21(31)22(23,24)25/h4-11,29H,2-3,12-15H2,1H3. The van der Waals surface area contributed by atoms with Crippen LogP contribution < -0.4 is 4.90 Å². The third-order valence-corrected chi connectivity index (χ3v) is 4.33. The highest BCUT2D eigenvalue weighted by molar-refractivity contribution is 6.00. The van der Waals surface area contributed by atoms with Gasteiger partial charge in [0.05, 0.1) is 24.5 Å². The van der Waals surface area contributed by atoms with Crippen LogP contribution in [0.4, 0.5) is 30.2 Å². The lowest BCUT2D eigenvalue weighted by atomic mass is 10.1. The van der Waals surface area contributed by atoms with Crippen LogP contribution in [0, 0.1) is 0 Å². The number of alkyl halides is 3. The number of esters is 1. The molecular formula is C22H24F3N3O4. The number of benzene rings is 2. The SMILES string of the molecule is CCCC(=O)OCCN(CCO)c1ccc(N=Nc2ccc(C(=O)C(F)(F)F)cc2)cc1. The minimum absolute atomic E-state index is 0.0722. The van der Waals surface area contributed by atoms with Crippen molar-refractivity contribution in [2.45, 2.75) is 25.9 Å². The number of hydrogen-bond acceptors (Lipinski definition) is 7. The number of carbonyl (C=O) groups excluding carboxylic acids is 2. The van der Waals surface area contributed by atoms with Crippen LogP contribution in [0.1, 0.15) is 30.1 Å². The van der Waals surface area contributed by atoms with Crippen LogP contribution in [0.3, 0.4) is 0 Å². The molecule has 2 aromatic carbocycles. The van der Waals surface area contributed by atoms with Crippen molar-refractivity contribution in [2.24, 2.45) is 10.2 Å². The molecule has 0 aromatic heterocycles. The molecule has 32 heavy (non-hydrogen) atoms. The molecule has 0 fully saturated rings. The topological polar surface area (TPSA) is 91.6 Å². The lowest BCUT2D eigenvalue weighted by molar-refractivity contribution is -0.143. The van der Waals surface area contributed by atoms with Crippen LogP contribution in [-0.4, -0.2) is 49.3 Å². The maximum absolute atomic E-state index is 12.4. The summed E-state index contributed by atoms with van der Waals surface area (Å²) in [5, 5.41) is 17.3. The Bertz CT molecular complexity index is 914. The van der Waals surface area contributed by atoms with E-state index in [4.69, 9.17) is 4.74 Å². The first-order valence-electron chi connectivity index (χ1n) is 9.99. The molecule has 1 N–H and O–H groups in total. The number of azo groups is 1. The van der Waals surface area contributed by atoms with Crippen molar-refractivity contribution in [3.63, 3.8) is 0 Å². The Labute approximate surface area is 183 Å². The number of nitrogens with zero attached hydrogens (tertiary/aromatic N) is 3. The van der Waals surface area contributed by atoms with Crippen molar-refractivity contribution < 1.29 is 32.6 Å². The molecule has 0 heterocycles. The van der Waals surface area contributed by atoms with Crippen molar-refractivity contribution >= 4 is 28.8 Å². The quantitative estimate of drug-likeness (QED) is 0.295. The van der Waals surface area contributed by atoms with Crippen LogP contribution in [-0.2, 0) is 9.53 Å². The largest absolute Gasteiger partial charge is 0.464 e. The minimum Gasteiger partial charge on any atom is -0.464 e. The van der Waals surface area contributed by atoms with Crippen molar-refractivity contribution in [3.8, 4) is 0 Å². The number of ether oxygens (including phenoxy) is 1. The van der Waals surface area contributed by atoms with E-state index in [1.807, 2.05) is 11.8 Å². The molecule has 0 aliphatic carbocycles. The number of aliphatic hydroxyl groups is 1. The Morgan fingerprint density at radius 1 is 0.969 bits per heavy atom. The van der Waals surface area contributed by atoms with E-state index in [9.17, 15) is 27.9 Å². The monoisotopic (exact) mass is 451 g/mol. The first-order valence-corrected chi connectivity index (χ1v) is 9.99. The number of aliphatic hydroxyl groups excluding tert-OH is 1. The van der Waals surface area contributed by atoms with E-state index < -0.39 is 17.5 Å². The second-order valence-corrected chi connectivity index (χ2v) is 6.77. The molecule has 0 aliphatic heterocycles. The Morgan fingerprint density at radius 3 is 2.03 bits per heavy atom. The van der Waals surface area contributed by atoms with Crippen molar-refractivity contribution in [3.05, 3.63) is 54.1 Å². The first-order chi connectivity index (χ1) is 15.2. The highest BCUT2D eigenvalue weighted by Crippen LogP contribution is 2.25. The molecule has 2 rings (SSSR count). The summed E-state index contributed by atoms with van der Waals surface area (Å²) in [6, 6.07) is 11.6. The number of Topliss-reactive ketones (excluding diaryl/α,β-unsaturated/α-hetero) is 1. The number of hydrogen-bond donors (Lipinski definition) is 1. The molecule has 10 heteroatoms. The number of anilines is 1. The summed E-state index contributed by atoms with van der Waals surface area (Å²) in [5.41, 5.74) is 1.12. The zero-order valence-electron chi connectivity index (χ0n) is 17.5. The zero-order chi connectivity index (χ0) is 23.6. The van der Waals surface area contributed by atoms with E-state index in [0.29, 0.717) is 37.3 Å². The average molecular weight is 451 g/mol. The molecule has 0 saturated heterocycles. The molecule has 172 valence electrons. The van der Waals surface area contributed by atoms with Gasteiger partial charge in [0, 0.05) is 24.2 Å². The Kier molecular flexibility index (Phi) is 9.33. The molecule has 2 aromatic rings. The maximum Gasteiger partial charge on any atom is 0.454 e. The maximum atomic E-state index is 12.4. The first kappa shape index (κ1) is 25.0. The number of halogens is 3. The van der Waals surface area contributed by atoms with Crippen LogP contribution in [0.5, 0.6) is 0 Å². The molecule has 0 saturated carbocycles. The second-order valence-electron chi connectivity index (χ2n) is 6.77. The van der Waals surface area contributed by atoms with Gasteiger partial charge >= 0.3 is 12.1 Å². The van der Waals surface area contributed by atoms with Crippen LogP contribution in [0.15, 0.2) is 58.8 Å². The highest BCUT2D eigenvalue weighted by Gasteiger charge is 2.39. The second kappa shape index (κ2) is 11.9. The minimum atomic E-state index is -4.92. The summed E-state index contributed by atoms with van der Waals surface area (Å²) < 4.78 is 42.5. The molecule has 7 nitrogen and oxygen atoms in total. The lowest BCUT2D eigenvalue weighted by Gasteiger charge is -2.23. The van der Waals surface area contributed by atoms with E-state index in [-0.39, 0.29) is 19.2 Å². The van der Waals surface area contributed by atoms with E-state index in [1.165, 1.54) is 12.1 Å². The summed E-state index contributed by atoms with van der Waals surface area (Å²) >= 11 is 0. The van der Waals surface area contributed by atoms with Gasteiger partial charge in [-0.15, -0.1) is 0 Å².